The number of halogens is 3. The Bertz CT molecular complexity index is 1290. The Balaban J connectivity index is 1.31. The number of hydrogen-bond donors (Lipinski definition) is 1. The summed E-state index contributed by atoms with van der Waals surface area (Å²) in [6.07, 6.45) is 1.52. The van der Waals surface area contributed by atoms with Crippen LogP contribution in [0, 0.1) is 0 Å². The second-order valence-electron chi connectivity index (χ2n) is 8.00. The number of nitrogens with one attached hydrogen (secondary N) is 1. The number of rotatable bonds is 11. The van der Waals surface area contributed by atoms with Crippen molar-refractivity contribution in [3.8, 4) is 17.2 Å². The van der Waals surface area contributed by atoms with Gasteiger partial charge < -0.3 is 14.2 Å². The topological polar surface area (TPSA) is 69.2 Å². The Hall–Kier alpha value is -2.04. The van der Waals surface area contributed by atoms with Crippen LogP contribution in [-0.4, -0.2) is 36.8 Å². The van der Waals surface area contributed by atoms with Crippen LogP contribution in [-0.2, 0) is 11.4 Å². The van der Waals surface area contributed by atoms with Crippen LogP contribution in [0.3, 0.4) is 0 Å². The van der Waals surface area contributed by atoms with E-state index >= 15 is 0 Å². The molecule has 1 aliphatic heterocycles. The predicted octanol–water partition coefficient (Wildman–Crippen LogP) is 7.74. The third kappa shape index (κ3) is 8.23. The van der Waals surface area contributed by atoms with Gasteiger partial charge in [-0.3, -0.25) is 4.79 Å². The molecule has 0 saturated carbocycles. The van der Waals surface area contributed by atoms with Gasteiger partial charge in [-0.25, -0.2) is 5.43 Å². The number of carbonyl (C=O) groups excluding carboxylic acids is 1. The summed E-state index contributed by atoms with van der Waals surface area (Å²) < 4.78 is 18.5. The number of carbonyl (C=O) groups is 1. The molecule has 1 fully saturated rings. The molecule has 1 N–H and O–H groups in total. The molecular weight excluding hydrogens is 631 g/mol. The summed E-state index contributed by atoms with van der Waals surface area (Å²) >= 11 is 19.7. The van der Waals surface area contributed by atoms with E-state index in [1.807, 2.05) is 60.8 Å². The molecule has 4 rings (SSSR count). The molecule has 0 aromatic heterocycles. The van der Waals surface area contributed by atoms with Gasteiger partial charge in [0.2, 0.25) is 0 Å². The number of amides is 1. The SMILES string of the molecule is CCOc1cc(/C=N\NC(=O)COc2ccc(C3SCCS3)cc2)c(Br)cc1OCc1ccc(Cl)cc1Cl. The van der Waals surface area contributed by atoms with Gasteiger partial charge in [-0.2, -0.15) is 5.10 Å². The van der Waals surface area contributed by atoms with Crippen molar-refractivity contribution in [2.24, 2.45) is 5.10 Å². The van der Waals surface area contributed by atoms with E-state index in [0.717, 1.165) is 5.56 Å². The Labute approximate surface area is 248 Å². The second kappa shape index (κ2) is 14.4. The quantitative estimate of drug-likeness (QED) is 0.168. The van der Waals surface area contributed by atoms with Gasteiger partial charge in [0.15, 0.2) is 18.1 Å². The highest BCUT2D eigenvalue weighted by molar-refractivity contribution is 9.10. The van der Waals surface area contributed by atoms with Crippen molar-refractivity contribution in [3.05, 3.63) is 85.8 Å². The number of nitrogens with zero attached hydrogens (tertiary/aromatic N) is 1. The first-order valence-electron chi connectivity index (χ1n) is 11.7. The van der Waals surface area contributed by atoms with Crippen LogP contribution in [0.4, 0.5) is 0 Å². The van der Waals surface area contributed by atoms with E-state index in [-0.39, 0.29) is 19.1 Å². The lowest BCUT2D eigenvalue weighted by Gasteiger charge is -2.14. The zero-order chi connectivity index (χ0) is 26.9. The molecule has 11 heteroatoms. The molecular formula is C27H25BrCl2N2O4S2. The van der Waals surface area contributed by atoms with E-state index in [1.165, 1.54) is 23.3 Å². The van der Waals surface area contributed by atoms with E-state index in [1.54, 1.807) is 24.3 Å². The van der Waals surface area contributed by atoms with Crippen LogP contribution in [0.2, 0.25) is 10.0 Å². The Kier molecular flexibility index (Phi) is 11.0. The summed E-state index contributed by atoms with van der Waals surface area (Å²) in [5.41, 5.74) is 5.25. The summed E-state index contributed by atoms with van der Waals surface area (Å²) in [5, 5.41) is 5.14. The van der Waals surface area contributed by atoms with Crippen LogP contribution in [0.5, 0.6) is 17.2 Å². The number of thioether (sulfide) groups is 2. The first-order valence-corrected chi connectivity index (χ1v) is 15.4. The highest BCUT2D eigenvalue weighted by atomic mass is 79.9. The molecule has 0 atom stereocenters. The van der Waals surface area contributed by atoms with Gasteiger partial charge in [0.1, 0.15) is 12.4 Å². The number of ether oxygens (including phenoxy) is 3. The van der Waals surface area contributed by atoms with Gasteiger partial charge in [0, 0.05) is 37.2 Å². The lowest BCUT2D eigenvalue weighted by molar-refractivity contribution is -0.123. The first-order chi connectivity index (χ1) is 18.4. The van der Waals surface area contributed by atoms with Crippen LogP contribution >= 0.6 is 62.7 Å². The average molecular weight is 656 g/mol. The molecule has 38 heavy (non-hydrogen) atoms. The van der Waals surface area contributed by atoms with Crippen molar-refractivity contribution in [3.63, 3.8) is 0 Å². The minimum atomic E-state index is -0.367. The van der Waals surface area contributed by atoms with E-state index in [0.29, 0.717) is 48.5 Å². The second-order valence-corrected chi connectivity index (χ2v) is 12.4. The molecule has 0 spiro atoms. The van der Waals surface area contributed by atoms with E-state index in [4.69, 9.17) is 37.4 Å². The average Bonchev–Trinajstić information content (AvgIpc) is 3.44. The largest absolute Gasteiger partial charge is 0.490 e. The lowest BCUT2D eigenvalue weighted by Crippen LogP contribution is -2.24. The van der Waals surface area contributed by atoms with Crippen molar-refractivity contribution in [1.29, 1.82) is 0 Å². The summed E-state index contributed by atoms with van der Waals surface area (Å²) in [6.45, 7) is 2.43. The molecule has 3 aromatic rings. The third-order valence-electron chi connectivity index (χ3n) is 5.30. The van der Waals surface area contributed by atoms with Crippen molar-refractivity contribution >= 4 is 74.8 Å². The molecule has 0 radical (unpaired) electrons. The molecule has 0 aliphatic carbocycles. The standard InChI is InChI=1S/C27H25BrCl2N2O4S2/c1-2-34-24-11-19(22(28)13-25(24)36-15-18-3-6-20(29)12-23(18)30)14-31-32-26(33)16-35-21-7-4-17(5-8-21)27-37-9-10-38-27/h3-8,11-14,27H,2,9-10,15-16H2,1H3,(H,32,33)/b31-14-. The fraction of sp³-hybridized carbons (Fsp3) is 0.259. The summed E-state index contributed by atoms with van der Waals surface area (Å²) in [6, 6.07) is 16.7. The van der Waals surface area contributed by atoms with E-state index < -0.39 is 0 Å². The molecule has 1 heterocycles. The molecule has 0 unspecified atom stereocenters. The van der Waals surface area contributed by atoms with Gasteiger partial charge in [0.05, 0.1) is 17.4 Å². The van der Waals surface area contributed by atoms with Crippen molar-refractivity contribution in [1.82, 2.24) is 5.43 Å². The van der Waals surface area contributed by atoms with Gasteiger partial charge in [0.25, 0.3) is 5.91 Å². The van der Waals surface area contributed by atoms with Gasteiger partial charge in [-0.1, -0.05) is 41.4 Å². The molecule has 1 aliphatic rings. The van der Waals surface area contributed by atoms with Crippen LogP contribution in [0.15, 0.2) is 64.2 Å². The fourth-order valence-electron chi connectivity index (χ4n) is 3.45. The number of hydrazone groups is 1. The van der Waals surface area contributed by atoms with E-state index in [2.05, 4.69) is 26.5 Å². The normalized spacial score (nSPS) is 13.6. The smallest absolute Gasteiger partial charge is 0.277 e. The van der Waals surface area contributed by atoms with Gasteiger partial charge in [-0.05, 0) is 64.8 Å². The highest BCUT2D eigenvalue weighted by Gasteiger charge is 2.18. The molecule has 3 aromatic carbocycles. The maximum Gasteiger partial charge on any atom is 0.277 e. The Morgan fingerprint density at radius 2 is 1.79 bits per heavy atom. The molecule has 0 bridgehead atoms. The summed E-state index contributed by atoms with van der Waals surface area (Å²) in [5.74, 6) is 3.70. The van der Waals surface area contributed by atoms with Crippen LogP contribution in [0.25, 0.3) is 0 Å². The number of hydrogen-bond acceptors (Lipinski definition) is 7. The van der Waals surface area contributed by atoms with Crippen molar-refractivity contribution in [2.45, 2.75) is 18.1 Å². The van der Waals surface area contributed by atoms with Crippen molar-refractivity contribution < 1.29 is 19.0 Å². The zero-order valence-electron chi connectivity index (χ0n) is 20.4. The predicted molar refractivity (Wildman–Crippen MR) is 161 cm³/mol. The molecule has 1 saturated heterocycles. The Morgan fingerprint density at radius 1 is 1.05 bits per heavy atom. The van der Waals surface area contributed by atoms with Gasteiger partial charge >= 0.3 is 0 Å². The minimum absolute atomic E-state index is 0.144. The van der Waals surface area contributed by atoms with Crippen LogP contribution < -0.4 is 19.6 Å². The van der Waals surface area contributed by atoms with Crippen LogP contribution in [0.1, 0.15) is 28.2 Å². The minimum Gasteiger partial charge on any atom is -0.490 e. The number of benzene rings is 3. The first kappa shape index (κ1) is 29.0. The maximum atomic E-state index is 12.2. The highest BCUT2D eigenvalue weighted by Crippen LogP contribution is 2.45. The zero-order valence-corrected chi connectivity index (χ0v) is 25.1. The summed E-state index contributed by atoms with van der Waals surface area (Å²) in [4.78, 5) is 12.2. The van der Waals surface area contributed by atoms with Gasteiger partial charge in [-0.15, -0.1) is 23.5 Å². The Morgan fingerprint density at radius 3 is 2.50 bits per heavy atom. The molecule has 6 nitrogen and oxygen atoms in total. The molecule has 1 amide bonds. The maximum absolute atomic E-state index is 12.2. The molecule has 200 valence electrons. The lowest BCUT2D eigenvalue weighted by atomic mass is 10.2. The fourth-order valence-corrected chi connectivity index (χ4v) is 7.20. The summed E-state index contributed by atoms with van der Waals surface area (Å²) in [7, 11) is 0. The van der Waals surface area contributed by atoms with Crippen molar-refractivity contribution in [2.75, 3.05) is 24.7 Å². The third-order valence-corrected chi connectivity index (χ3v) is 9.68. The van der Waals surface area contributed by atoms with E-state index in [9.17, 15) is 4.79 Å². The monoisotopic (exact) mass is 654 g/mol.